The van der Waals surface area contributed by atoms with E-state index in [4.69, 9.17) is 4.42 Å². The number of aromatic nitrogens is 3. The Morgan fingerprint density at radius 3 is 2.91 bits per heavy atom. The number of fused-ring (bicyclic) bond motifs is 1. The van der Waals surface area contributed by atoms with Crippen LogP contribution in [0.3, 0.4) is 0 Å². The Balaban J connectivity index is 1.41. The minimum atomic E-state index is -0.295. The Morgan fingerprint density at radius 1 is 1.35 bits per heavy atom. The Kier molecular flexibility index (Phi) is 3.61. The first-order chi connectivity index (χ1) is 11.2. The third kappa shape index (κ3) is 2.86. The molecule has 0 saturated carbocycles. The number of nitrogens with one attached hydrogen (secondary N) is 1. The molecule has 0 spiro atoms. The fraction of sp³-hybridized carbons (Fsp3) is 0.412. The van der Waals surface area contributed by atoms with Crippen LogP contribution in [0, 0.1) is 12.7 Å². The molecule has 4 rings (SSSR count). The molecule has 0 amide bonds. The molecular weight excluding hydrogens is 295 g/mol. The summed E-state index contributed by atoms with van der Waals surface area (Å²) in [6.07, 6.45) is 4.16. The Labute approximate surface area is 133 Å². The number of benzene rings is 1. The summed E-state index contributed by atoms with van der Waals surface area (Å²) in [6.45, 7) is 4.75. The number of H-pyrrole nitrogens is 1. The molecular formula is C17H19FN4O. The highest BCUT2D eigenvalue weighted by atomic mass is 19.1. The fourth-order valence-corrected chi connectivity index (χ4v) is 3.38. The summed E-state index contributed by atoms with van der Waals surface area (Å²) in [5.41, 5.74) is 3.74. The van der Waals surface area contributed by atoms with Gasteiger partial charge in [-0.15, -0.1) is 0 Å². The Bertz CT molecular complexity index is 817. The fourth-order valence-electron chi connectivity index (χ4n) is 3.38. The monoisotopic (exact) mass is 314 g/mol. The van der Waals surface area contributed by atoms with Gasteiger partial charge >= 0.3 is 0 Å². The van der Waals surface area contributed by atoms with Gasteiger partial charge in [-0.05, 0) is 56.5 Å². The molecule has 3 aromatic rings. The molecule has 5 nitrogen and oxygen atoms in total. The molecule has 1 aromatic carbocycles. The van der Waals surface area contributed by atoms with Gasteiger partial charge in [-0.3, -0.25) is 10.00 Å². The lowest BCUT2D eigenvalue weighted by Gasteiger charge is -2.30. The van der Waals surface area contributed by atoms with E-state index in [2.05, 4.69) is 27.0 Å². The van der Waals surface area contributed by atoms with Crippen molar-refractivity contribution in [2.45, 2.75) is 32.2 Å². The van der Waals surface area contributed by atoms with Gasteiger partial charge in [0.1, 0.15) is 11.3 Å². The average molecular weight is 314 g/mol. The summed E-state index contributed by atoms with van der Waals surface area (Å²) in [5.74, 6) is 0.933. The van der Waals surface area contributed by atoms with Gasteiger partial charge in [-0.25, -0.2) is 9.37 Å². The first-order valence-corrected chi connectivity index (χ1v) is 7.96. The maximum absolute atomic E-state index is 13.2. The minimum Gasteiger partial charge on any atom is -0.439 e. The third-order valence-electron chi connectivity index (χ3n) is 4.65. The molecule has 0 radical (unpaired) electrons. The predicted molar refractivity (Wildman–Crippen MR) is 84.5 cm³/mol. The molecule has 6 heteroatoms. The van der Waals surface area contributed by atoms with Crippen LogP contribution in [0.15, 0.2) is 28.8 Å². The van der Waals surface area contributed by atoms with E-state index in [1.165, 1.54) is 23.4 Å². The van der Waals surface area contributed by atoms with Gasteiger partial charge in [-0.1, -0.05) is 0 Å². The Hall–Kier alpha value is -2.21. The summed E-state index contributed by atoms with van der Waals surface area (Å²) in [4.78, 5) is 6.78. The summed E-state index contributed by atoms with van der Waals surface area (Å²) in [6, 6.07) is 4.46. The van der Waals surface area contributed by atoms with Crippen molar-refractivity contribution in [3.05, 3.63) is 47.4 Å². The van der Waals surface area contributed by atoms with Crippen LogP contribution >= 0.6 is 0 Å². The second kappa shape index (κ2) is 5.77. The summed E-state index contributed by atoms with van der Waals surface area (Å²) in [5, 5.41) is 7.14. The van der Waals surface area contributed by atoms with Crippen LogP contribution in [0.4, 0.5) is 4.39 Å². The average Bonchev–Trinajstić information content (AvgIpc) is 3.13. The second-order valence-corrected chi connectivity index (χ2v) is 6.22. The minimum absolute atomic E-state index is 0.295. The number of nitrogens with zero attached hydrogens (tertiary/aromatic N) is 3. The van der Waals surface area contributed by atoms with E-state index in [1.807, 2.05) is 6.20 Å². The molecule has 120 valence electrons. The zero-order valence-electron chi connectivity index (χ0n) is 13.1. The molecule has 3 heterocycles. The maximum atomic E-state index is 13.2. The number of piperidine rings is 1. The van der Waals surface area contributed by atoms with Gasteiger partial charge in [0.05, 0.1) is 12.7 Å². The molecule has 2 aromatic heterocycles. The van der Waals surface area contributed by atoms with Crippen molar-refractivity contribution < 1.29 is 8.81 Å². The summed E-state index contributed by atoms with van der Waals surface area (Å²) in [7, 11) is 0. The van der Waals surface area contributed by atoms with E-state index in [0.717, 1.165) is 25.9 Å². The van der Waals surface area contributed by atoms with Crippen LogP contribution in [0.25, 0.3) is 11.1 Å². The van der Waals surface area contributed by atoms with Gasteiger partial charge in [0.2, 0.25) is 5.89 Å². The van der Waals surface area contributed by atoms with Gasteiger partial charge in [0.15, 0.2) is 5.58 Å². The number of aromatic amines is 1. The molecule has 1 aliphatic heterocycles. The van der Waals surface area contributed by atoms with Crippen LogP contribution < -0.4 is 0 Å². The van der Waals surface area contributed by atoms with Crippen LogP contribution in [-0.2, 0) is 6.54 Å². The van der Waals surface area contributed by atoms with E-state index in [1.54, 1.807) is 6.07 Å². The quantitative estimate of drug-likeness (QED) is 0.805. The zero-order valence-corrected chi connectivity index (χ0v) is 13.1. The van der Waals surface area contributed by atoms with Gasteiger partial charge in [0, 0.05) is 11.8 Å². The number of hydrogen-bond donors (Lipinski definition) is 1. The van der Waals surface area contributed by atoms with Crippen molar-refractivity contribution in [2.24, 2.45) is 0 Å². The first kappa shape index (κ1) is 14.4. The van der Waals surface area contributed by atoms with Crippen LogP contribution in [-0.4, -0.2) is 33.2 Å². The number of hydrogen-bond acceptors (Lipinski definition) is 4. The topological polar surface area (TPSA) is 58.0 Å². The largest absolute Gasteiger partial charge is 0.439 e. The number of halogens is 1. The van der Waals surface area contributed by atoms with Crippen molar-refractivity contribution in [1.82, 2.24) is 20.1 Å². The van der Waals surface area contributed by atoms with Gasteiger partial charge in [-0.2, -0.15) is 5.10 Å². The number of likely N-dealkylation sites (tertiary alicyclic amines) is 1. The molecule has 1 N–H and O–H groups in total. The highest BCUT2D eigenvalue weighted by molar-refractivity contribution is 5.72. The molecule has 1 fully saturated rings. The zero-order chi connectivity index (χ0) is 15.8. The first-order valence-electron chi connectivity index (χ1n) is 7.96. The highest BCUT2D eigenvalue weighted by Crippen LogP contribution is 2.30. The Morgan fingerprint density at radius 2 is 2.17 bits per heavy atom. The highest BCUT2D eigenvalue weighted by Gasteiger charge is 2.23. The molecule has 1 aliphatic rings. The number of oxazole rings is 1. The van der Waals surface area contributed by atoms with Crippen molar-refractivity contribution in [1.29, 1.82) is 0 Å². The van der Waals surface area contributed by atoms with Crippen LogP contribution in [0.1, 0.15) is 35.9 Å². The summed E-state index contributed by atoms with van der Waals surface area (Å²) >= 11 is 0. The molecule has 0 aliphatic carbocycles. The van der Waals surface area contributed by atoms with Gasteiger partial charge < -0.3 is 4.42 Å². The molecule has 23 heavy (non-hydrogen) atoms. The van der Waals surface area contributed by atoms with Crippen molar-refractivity contribution >= 4 is 11.1 Å². The third-order valence-corrected chi connectivity index (χ3v) is 4.65. The van der Waals surface area contributed by atoms with Crippen molar-refractivity contribution in [3.8, 4) is 0 Å². The molecule has 0 atom stereocenters. The lowest BCUT2D eigenvalue weighted by atomic mass is 9.90. The number of aryl methyl sites for hydroxylation is 1. The smallest absolute Gasteiger partial charge is 0.209 e. The molecule has 1 saturated heterocycles. The number of rotatable bonds is 3. The predicted octanol–water partition coefficient (Wildman–Crippen LogP) is 3.38. The van der Waals surface area contributed by atoms with Crippen LogP contribution in [0.5, 0.6) is 0 Å². The normalized spacial score (nSPS) is 17.1. The maximum Gasteiger partial charge on any atom is 0.209 e. The van der Waals surface area contributed by atoms with Crippen molar-refractivity contribution in [2.75, 3.05) is 13.1 Å². The summed E-state index contributed by atoms with van der Waals surface area (Å²) < 4.78 is 18.9. The standard InChI is InChI=1S/C17H19FN4O/c1-11-14(9-19-21-11)12-4-6-22(7-5-12)10-17-20-15-3-2-13(18)8-16(15)23-17/h2-3,8-9,12H,4-7,10H2,1H3,(H,19,21). The molecule has 0 unspecified atom stereocenters. The van der Waals surface area contributed by atoms with E-state index < -0.39 is 0 Å². The van der Waals surface area contributed by atoms with Crippen molar-refractivity contribution in [3.63, 3.8) is 0 Å². The lowest BCUT2D eigenvalue weighted by Crippen LogP contribution is -2.32. The van der Waals surface area contributed by atoms with E-state index >= 15 is 0 Å². The SMILES string of the molecule is Cc1[nH]ncc1C1CCN(Cc2nc3ccc(F)cc3o2)CC1. The van der Waals surface area contributed by atoms with E-state index in [-0.39, 0.29) is 5.82 Å². The van der Waals surface area contributed by atoms with E-state index in [0.29, 0.717) is 29.5 Å². The van der Waals surface area contributed by atoms with Crippen LogP contribution in [0.2, 0.25) is 0 Å². The van der Waals surface area contributed by atoms with E-state index in [9.17, 15) is 4.39 Å². The molecule has 0 bridgehead atoms. The van der Waals surface area contributed by atoms with Gasteiger partial charge in [0.25, 0.3) is 0 Å². The lowest BCUT2D eigenvalue weighted by molar-refractivity contribution is 0.189. The second-order valence-electron chi connectivity index (χ2n) is 6.22.